The van der Waals surface area contributed by atoms with Crippen LogP contribution >= 0.6 is 34.4 Å². The number of thiazole rings is 1. The van der Waals surface area contributed by atoms with Crippen molar-refractivity contribution in [1.29, 1.82) is 0 Å². The van der Waals surface area contributed by atoms with Crippen molar-refractivity contribution in [2.75, 3.05) is 11.5 Å². The number of aliphatic carboxylic acids is 1. The number of β-lactam (4-membered cyclic amide) rings is 1. The molecule has 1 fully saturated rings. The van der Waals surface area contributed by atoms with Crippen molar-refractivity contribution in [2.45, 2.75) is 32.2 Å². The Morgan fingerprint density at radius 2 is 2.20 bits per heavy atom. The van der Waals surface area contributed by atoms with Gasteiger partial charge in [-0.05, 0) is 23.6 Å². The number of hydrogen-bond acceptors (Lipinski definition) is 10. The molecule has 0 aliphatic carbocycles. The number of nitrogen functional groups attached to an aromatic ring is 1. The van der Waals surface area contributed by atoms with Gasteiger partial charge < -0.3 is 21.0 Å². The molecule has 11 nitrogen and oxygen atoms in total. The van der Waals surface area contributed by atoms with Crippen LogP contribution in [0.3, 0.4) is 0 Å². The van der Waals surface area contributed by atoms with Crippen molar-refractivity contribution in [3.05, 3.63) is 63.2 Å². The molecular weight excluding hydrogens is 586 g/mol. The molecule has 2 amide bonds. The Hall–Kier alpha value is -3.89. The van der Waals surface area contributed by atoms with Crippen LogP contribution in [0.1, 0.15) is 11.4 Å². The van der Waals surface area contributed by atoms with Crippen LogP contribution in [0.25, 0.3) is 10.1 Å². The van der Waals surface area contributed by atoms with E-state index in [0.717, 1.165) is 27.3 Å². The fraction of sp³-hybridized carbons (Fsp3) is 0.250. The summed E-state index contributed by atoms with van der Waals surface area (Å²) < 4.78 is 28.4. The predicted octanol–water partition coefficient (Wildman–Crippen LogP) is 2.47. The van der Waals surface area contributed by atoms with Crippen LogP contribution in [0.2, 0.25) is 0 Å². The molecule has 4 N–H and O–H groups in total. The van der Waals surface area contributed by atoms with Crippen LogP contribution in [-0.4, -0.2) is 62.9 Å². The first kappa shape index (κ1) is 27.7. The molecule has 208 valence electrons. The maximum absolute atomic E-state index is 13.0. The smallest absolute Gasteiger partial charge is 0.407 e. The summed E-state index contributed by atoms with van der Waals surface area (Å²) in [6.45, 7) is -0.781. The topological polar surface area (TPSA) is 151 Å². The molecule has 0 saturated carbocycles. The number of aryl methyl sites for hydroxylation is 1. The number of thiophene rings is 1. The number of fused-ring (bicyclic) bond motifs is 2. The number of rotatable bonds is 9. The normalized spacial score (nSPS) is 19.4. The summed E-state index contributed by atoms with van der Waals surface area (Å²) in [6.07, 6.45) is 5.46. The van der Waals surface area contributed by atoms with Gasteiger partial charge in [-0.1, -0.05) is 5.16 Å². The Morgan fingerprint density at radius 1 is 1.40 bits per heavy atom. The third-order valence-electron chi connectivity index (χ3n) is 6.29. The molecule has 0 spiro atoms. The highest BCUT2D eigenvalue weighted by molar-refractivity contribution is 8.03. The number of oxime groups is 1. The average Bonchev–Trinajstić information content (AvgIpc) is 3.57. The van der Waals surface area contributed by atoms with Crippen LogP contribution in [0.15, 0.2) is 57.0 Å². The van der Waals surface area contributed by atoms with E-state index in [4.69, 9.17) is 5.73 Å². The highest BCUT2D eigenvalue weighted by Gasteiger charge is 2.54. The fourth-order valence-electron chi connectivity index (χ4n) is 4.39. The van der Waals surface area contributed by atoms with Gasteiger partial charge in [0.2, 0.25) is 0 Å². The minimum Gasteiger partial charge on any atom is -0.477 e. The van der Waals surface area contributed by atoms with Gasteiger partial charge in [-0.3, -0.25) is 14.5 Å². The van der Waals surface area contributed by atoms with E-state index in [2.05, 4.69) is 26.4 Å². The number of anilines is 1. The van der Waals surface area contributed by atoms with E-state index < -0.39 is 42.2 Å². The van der Waals surface area contributed by atoms with Crippen molar-refractivity contribution in [3.63, 3.8) is 0 Å². The second-order valence-electron chi connectivity index (χ2n) is 8.59. The van der Waals surface area contributed by atoms with Crippen LogP contribution in [0.4, 0.5) is 13.9 Å². The maximum Gasteiger partial charge on any atom is 0.407 e. The average molecular weight is 608 g/mol. The van der Waals surface area contributed by atoms with E-state index in [1.807, 2.05) is 35.2 Å². The number of alkyl halides is 2. The summed E-state index contributed by atoms with van der Waals surface area (Å²) in [5.41, 5.74) is 5.76. The fourth-order valence-corrected chi connectivity index (χ4v) is 6.98. The molecule has 16 heteroatoms. The molecule has 0 radical (unpaired) electrons. The zero-order valence-electron chi connectivity index (χ0n) is 20.6. The summed E-state index contributed by atoms with van der Waals surface area (Å²) >= 11 is 3.85. The highest BCUT2D eigenvalue weighted by Crippen LogP contribution is 2.39. The highest BCUT2D eigenvalue weighted by atomic mass is 32.2. The number of carbonyl (C=O) groups is 3. The molecule has 2 aliphatic rings. The van der Waals surface area contributed by atoms with Crippen molar-refractivity contribution < 1.29 is 37.7 Å². The maximum atomic E-state index is 13.0. The van der Waals surface area contributed by atoms with E-state index in [9.17, 15) is 28.3 Å². The number of carbonyl (C=O) groups excluding carboxylic acids is 2. The van der Waals surface area contributed by atoms with Gasteiger partial charge in [0, 0.05) is 33.7 Å². The zero-order valence-corrected chi connectivity index (χ0v) is 23.1. The van der Waals surface area contributed by atoms with Crippen LogP contribution in [0.5, 0.6) is 0 Å². The van der Waals surface area contributed by atoms with E-state index in [1.54, 1.807) is 17.4 Å². The quantitative estimate of drug-likeness (QED) is 0.145. The second-order valence-corrected chi connectivity index (χ2v) is 11.5. The number of nitrogens with zero attached hydrogens (tertiary/aromatic N) is 4. The lowest BCUT2D eigenvalue weighted by Crippen LogP contribution is -2.73. The first-order valence-electron chi connectivity index (χ1n) is 11.7. The number of carboxylic acids is 1. The zero-order chi connectivity index (χ0) is 28.6. The van der Waals surface area contributed by atoms with Crippen LogP contribution in [-0.2, 0) is 25.8 Å². The lowest BCUT2D eigenvalue weighted by molar-refractivity contribution is -0.691. The number of nitrogens with one attached hydrogen (secondary N) is 1. The SMILES string of the molecule is Cc1c2ccsc2cc[n+]1CC=CC1=C(C(=O)O)N2C(=O)C(NC(=O)C(=NOC(F)F)c3csc(N)n3)C2CS1. The molecular formula is C24H21F2N6O5S3+. The molecule has 5 heterocycles. The molecule has 0 aromatic carbocycles. The monoisotopic (exact) mass is 607 g/mol. The predicted molar refractivity (Wildman–Crippen MR) is 146 cm³/mol. The molecule has 3 aromatic heterocycles. The first-order valence-corrected chi connectivity index (χ1v) is 14.4. The second kappa shape index (κ2) is 11.3. The van der Waals surface area contributed by atoms with Crippen molar-refractivity contribution in [3.8, 4) is 0 Å². The van der Waals surface area contributed by atoms with Gasteiger partial charge in [0.15, 0.2) is 29.3 Å². The Bertz CT molecular complexity index is 1600. The molecule has 3 aromatic rings. The van der Waals surface area contributed by atoms with E-state index in [1.165, 1.54) is 21.8 Å². The molecule has 2 unspecified atom stereocenters. The van der Waals surface area contributed by atoms with Crippen molar-refractivity contribution in [1.82, 2.24) is 15.2 Å². The molecule has 0 bridgehead atoms. The van der Waals surface area contributed by atoms with E-state index in [-0.39, 0.29) is 16.5 Å². The number of thioether (sulfide) groups is 1. The molecule has 2 atom stereocenters. The van der Waals surface area contributed by atoms with Gasteiger partial charge in [0.25, 0.3) is 11.8 Å². The summed E-state index contributed by atoms with van der Waals surface area (Å²) in [5.74, 6) is -2.63. The number of aromatic nitrogens is 2. The number of nitrogens with two attached hydrogens (primary N) is 1. The number of pyridine rings is 1. The van der Waals surface area contributed by atoms with Crippen molar-refractivity contribution >= 4 is 73.1 Å². The summed E-state index contributed by atoms with van der Waals surface area (Å²) in [7, 11) is 0. The molecule has 40 heavy (non-hydrogen) atoms. The van der Waals surface area contributed by atoms with Crippen LogP contribution in [0, 0.1) is 6.92 Å². The van der Waals surface area contributed by atoms with Gasteiger partial charge in [-0.15, -0.1) is 34.4 Å². The lowest BCUT2D eigenvalue weighted by Gasteiger charge is -2.49. The Labute approximate surface area is 237 Å². The number of carboxylic acid groups (broad SMARTS) is 1. The van der Waals surface area contributed by atoms with Crippen LogP contribution < -0.4 is 15.6 Å². The van der Waals surface area contributed by atoms with Gasteiger partial charge in [0.05, 0.1) is 11.4 Å². The Kier molecular flexibility index (Phi) is 7.82. The number of hydrogen-bond donors (Lipinski definition) is 3. The minimum absolute atomic E-state index is 0.0690. The summed E-state index contributed by atoms with van der Waals surface area (Å²) in [6, 6.07) is 2.31. The number of amides is 2. The minimum atomic E-state index is -3.29. The standard InChI is InChI=1S/C24H20F2N6O5S3/c1-11-12-5-8-38-15(12)4-7-31(11)6-2-3-16-19(22(35)36)32-14(10-39-16)18(21(32)34)29-20(33)17(30-37-23(25)26)13-9-40-24(27)28-13/h2-5,7-9,14,18,23H,6,10H2,1H3,(H3-,27,28,29,33,35,36)/p+1. The number of allylic oxidation sites excluding steroid dienone is 2. The van der Waals surface area contributed by atoms with Gasteiger partial charge in [-0.25, -0.2) is 9.78 Å². The van der Waals surface area contributed by atoms with Gasteiger partial charge in [-0.2, -0.15) is 13.3 Å². The first-order chi connectivity index (χ1) is 19.2. The third-order valence-corrected chi connectivity index (χ3v) is 8.99. The Morgan fingerprint density at radius 3 is 2.90 bits per heavy atom. The summed E-state index contributed by atoms with van der Waals surface area (Å²) in [4.78, 5) is 47.4. The Balaban J connectivity index is 1.32. The lowest BCUT2D eigenvalue weighted by atomic mass is 9.94. The third kappa shape index (κ3) is 5.29. The molecule has 2 aliphatic heterocycles. The molecule has 1 saturated heterocycles. The van der Waals surface area contributed by atoms with Gasteiger partial charge in [0.1, 0.15) is 17.4 Å². The van der Waals surface area contributed by atoms with Gasteiger partial charge >= 0.3 is 12.6 Å². The van der Waals surface area contributed by atoms with E-state index >= 15 is 0 Å². The van der Waals surface area contributed by atoms with E-state index in [0.29, 0.717) is 17.2 Å². The number of halogens is 2. The van der Waals surface area contributed by atoms with Crippen molar-refractivity contribution in [2.24, 2.45) is 5.16 Å². The molecule has 5 rings (SSSR count). The largest absolute Gasteiger partial charge is 0.477 e. The summed E-state index contributed by atoms with van der Waals surface area (Å²) in [5, 5.41) is 20.1.